The van der Waals surface area contributed by atoms with Crippen LogP contribution in [0, 0.1) is 5.92 Å². The molecule has 1 saturated heterocycles. The van der Waals surface area contributed by atoms with Gasteiger partial charge in [-0.3, -0.25) is 4.79 Å². The third-order valence-electron chi connectivity index (χ3n) is 6.22. The summed E-state index contributed by atoms with van der Waals surface area (Å²) >= 11 is 0. The number of primary amides is 1. The molecule has 0 aromatic carbocycles. The van der Waals surface area contributed by atoms with Crippen LogP contribution in [0.3, 0.4) is 0 Å². The van der Waals surface area contributed by atoms with E-state index in [4.69, 9.17) is 10.5 Å². The average Bonchev–Trinajstić information content (AvgIpc) is 2.80. The van der Waals surface area contributed by atoms with Crippen LogP contribution in [0.4, 0.5) is 24.9 Å². The summed E-state index contributed by atoms with van der Waals surface area (Å²) in [4.78, 5) is 26.3. The van der Waals surface area contributed by atoms with Gasteiger partial charge in [0.1, 0.15) is 17.5 Å². The summed E-state index contributed by atoms with van der Waals surface area (Å²) in [5.74, 6) is -0.459. The minimum absolute atomic E-state index is 0.0578. The fraction of sp³-hybridized carbons (Fsp3) is 0.545. The largest absolute Gasteiger partial charge is 0.474 e. The summed E-state index contributed by atoms with van der Waals surface area (Å²) in [6, 6.07) is 5.18. The third-order valence-corrected chi connectivity index (χ3v) is 6.22. The average molecular weight is 464 g/mol. The maximum atomic E-state index is 12.9. The van der Waals surface area contributed by atoms with Gasteiger partial charge < -0.3 is 20.7 Å². The molecule has 2 aliphatic rings. The van der Waals surface area contributed by atoms with Crippen molar-refractivity contribution in [2.24, 2.45) is 11.7 Å². The second kappa shape index (κ2) is 9.80. The van der Waals surface area contributed by atoms with Crippen LogP contribution in [-0.4, -0.2) is 52.3 Å². The molecular weight excluding hydrogens is 437 g/mol. The van der Waals surface area contributed by atoms with Crippen LogP contribution >= 0.6 is 0 Å². The number of aromatic nitrogens is 3. The predicted molar refractivity (Wildman–Crippen MR) is 116 cm³/mol. The van der Waals surface area contributed by atoms with Crippen molar-refractivity contribution in [2.45, 2.75) is 56.8 Å². The van der Waals surface area contributed by atoms with E-state index < -0.39 is 18.0 Å². The van der Waals surface area contributed by atoms with Crippen LogP contribution in [0.25, 0.3) is 0 Å². The monoisotopic (exact) mass is 464 g/mol. The van der Waals surface area contributed by atoms with Crippen molar-refractivity contribution in [3.63, 3.8) is 0 Å². The molecular formula is C22H27F3N6O2. The molecule has 1 aliphatic carbocycles. The number of hydrogen-bond donors (Lipinski definition) is 2. The van der Waals surface area contributed by atoms with Crippen molar-refractivity contribution in [1.82, 2.24) is 15.0 Å². The Labute approximate surface area is 189 Å². The van der Waals surface area contributed by atoms with Crippen LogP contribution in [-0.2, 0) is 0 Å². The lowest BCUT2D eigenvalue weighted by Crippen LogP contribution is -2.39. The first-order chi connectivity index (χ1) is 15.8. The number of alkyl halides is 3. The van der Waals surface area contributed by atoms with Crippen molar-refractivity contribution < 1.29 is 22.7 Å². The van der Waals surface area contributed by atoms with Gasteiger partial charge in [0.25, 0.3) is 5.91 Å². The molecule has 4 rings (SSSR count). The number of nitrogens with two attached hydrogens (primary N) is 1. The topological polar surface area (TPSA) is 106 Å². The van der Waals surface area contributed by atoms with Crippen LogP contribution in [0.1, 0.15) is 48.9 Å². The van der Waals surface area contributed by atoms with E-state index in [0.29, 0.717) is 11.8 Å². The molecule has 1 amide bonds. The van der Waals surface area contributed by atoms with Gasteiger partial charge in [-0.2, -0.15) is 18.2 Å². The number of piperidine rings is 1. The molecule has 1 saturated carbocycles. The Morgan fingerprint density at radius 3 is 2.45 bits per heavy atom. The zero-order valence-corrected chi connectivity index (χ0v) is 18.1. The molecule has 8 nitrogen and oxygen atoms in total. The molecule has 0 bridgehead atoms. The van der Waals surface area contributed by atoms with Crippen molar-refractivity contribution >= 4 is 17.7 Å². The Morgan fingerprint density at radius 2 is 1.79 bits per heavy atom. The highest BCUT2D eigenvalue weighted by Gasteiger charge is 2.41. The van der Waals surface area contributed by atoms with E-state index in [1.54, 1.807) is 35.5 Å². The van der Waals surface area contributed by atoms with Gasteiger partial charge in [0.15, 0.2) is 0 Å². The maximum absolute atomic E-state index is 12.9. The van der Waals surface area contributed by atoms with Crippen molar-refractivity contribution in [3.8, 4) is 5.88 Å². The number of nitrogens with zero attached hydrogens (tertiary/aromatic N) is 4. The quantitative estimate of drug-likeness (QED) is 0.673. The summed E-state index contributed by atoms with van der Waals surface area (Å²) < 4.78 is 44.6. The lowest BCUT2D eigenvalue weighted by Gasteiger charge is -2.33. The van der Waals surface area contributed by atoms with Gasteiger partial charge in [-0.05, 0) is 56.7 Å². The van der Waals surface area contributed by atoms with E-state index in [-0.39, 0.29) is 49.5 Å². The van der Waals surface area contributed by atoms with Gasteiger partial charge in [0, 0.05) is 31.5 Å². The lowest BCUT2D eigenvalue weighted by atomic mass is 9.93. The van der Waals surface area contributed by atoms with E-state index in [2.05, 4.69) is 20.3 Å². The van der Waals surface area contributed by atoms with Crippen LogP contribution in [0.15, 0.2) is 30.6 Å². The Balaban J connectivity index is 1.29. The number of pyridine rings is 1. The Morgan fingerprint density at radius 1 is 1.06 bits per heavy atom. The minimum Gasteiger partial charge on any atom is -0.474 e. The SMILES string of the molecule is NC(=O)c1cccnc1OC1CCC(Nc2ccnc(N3CCC(C(F)(F)F)CC3)n2)CC1. The van der Waals surface area contributed by atoms with E-state index >= 15 is 0 Å². The first-order valence-electron chi connectivity index (χ1n) is 11.1. The fourth-order valence-corrected chi connectivity index (χ4v) is 4.35. The highest BCUT2D eigenvalue weighted by molar-refractivity contribution is 5.94. The smallest absolute Gasteiger partial charge is 0.391 e. The standard InChI is InChI=1S/C22H27F3N6O2/c23-22(24,25)14-8-12-31(13-9-14)21-28-11-7-18(30-21)29-15-3-5-16(6-4-15)33-20-17(19(26)32)2-1-10-27-20/h1-2,7,10-11,14-16H,3-6,8-9,12-13H2,(H2,26,32)(H,28,29,30). The molecule has 2 fully saturated rings. The Hall–Kier alpha value is -3.11. The number of hydrogen-bond acceptors (Lipinski definition) is 7. The predicted octanol–water partition coefficient (Wildman–Crippen LogP) is 3.55. The van der Waals surface area contributed by atoms with Gasteiger partial charge >= 0.3 is 6.18 Å². The fourth-order valence-electron chi connectivity index (χ4n) is 4.35. The Kier molecular flexibility index (Phi) is 6.85. The first-order valence-corrected chi connectivity index (χ1v) is 11.1. The van der Waals surface area contributed by atoms with E-state index in [1.807, 2.05) is 0 Å². The van der Waals surface area contributed by atoms with Crippen molar-refractivity contribution in [1.29, 1.82) is 0 Å². The molecule has 2 aromatic rings. The van der Waals surface area contributed by atoms with Gasteiger partial charge in [0.05, 0.1) is 5.92 Å². The summed E-state index contributed by atoms with van der Waals surface area (Å²) in [5.41, 5.74) is 5.65. The van der Waals surface area contributed by atoms with Gasteiger partial charge in [-0.1, -0.05) is 0 Å². The number of carbonyl (C=O) groups is 1. The van der Waals surface area contributed by atoms with Crippen LogP contribution in [0.5, 0.6) is 5.88 Å². The molecule has 178 valence electrons. The molecule has 0 atom stereocenters. The molecule has 3 heterocycles. The molecule has 0 spiro atoms. The van der Waals surface area contributed by atoms with Crippen molar-refractivity contribution in [2.75, 3.05) is 23.3 Å². The number of amides is 1. The normalized spacial score (nSPS) is 22.1. The number of carbonyl (C=O) groups excluding carboxylic acids is 1. The van der Waals surface area contributed by atoms with Gasteiger partial charge in [0.2, 0.25) is 11.8 Å². The summed E-state index contributed by atoms with van der Waals surface area (Å²) in [6.07, 6.45) is 2.31. The Bertz CT molecular complexity index is 957. The zero-order chi connectivity index (χ0) is 23.4. The molecule has 0 unspecified atom stereocenters. The van der Waals surface area contributed by atoms with Crippen molar-refractivity contribution in [3.05, 3.63) is 36.2 Å². The van der Waals surface area contributed by atoms with E-state index in [1.165, 1.54) is 0 Å². The lowest BCUT2D eigenvalue weighted by molar-refractivity contribution is -0.179. The van der Waals surface area contributed by atoms with E-state index in [0.717, 1.165) is 25.7 Å². The number of rotatable bonds is 6. The molecule has 33 heavy (non-hydrogen) atoms. The number of nitrogens with one attached hydrogen (secondary N) is 1. The maximum Gasteiger partial charge on any atom is 0.391 e. The number of halogens is 3. The third kappa shape index (κ3) is 5.82. The minimum atomic E-state index is -4.14. The van der Waals surface area contributed by atoms with Crippen LogP contribution in [0.2, 0.25) is 0 Å². The highest BCUT2D eigenvalue weighted by Crippen LogP contribution is 2.35. The van der Waals surface area contributed by atoms with Gasteiger partial charge in [-0.15, -0.1) is 0 Å². The molecule has 3 N–H and O–H groups in total. The number of ether oxygens (including phenoxy) is 1. The summed E-state index contributed by atoms with van der Waals surface area (Å²) in [6.45, 7) is 0.577. The zero-order valence-electron chi connectivity index (χ0n) is 18.1. The van der Waals surface area contributed by atoms with E-state index in [9.17, 15) is 18.0 Å². The highest BCUT2D eigenvalue weighted by atomic mass is 19.4. The molecule has 11 heteroatoms. The first kappa shape index (κ1) is 23.1. The van der Waals surface area contributed by atoms with Crippen LogP contribution < -0.4 is 20.7 Å². The molecule has 2 aromatic heterocycles. The summed E-state index contributed by atoms with van der Waals surface area (Å²) in [5, 5.41) is 3.40. The molecule has 1 aliphatic heterocycles. The van der Waals surface area contributed by atoms with Gasteiger partial charge in [-0.25, -0.2) is 9.97 Å². The molecule has 0 radical (unpaired) electrons. The second-order valence-corrected chi connectivity index (χ2v) is 8.50. The summed E-state index contributed by atoms with van der Waals surface area (Å²) in [7, 11) is 0. The number of anilines is 2. The second-order valence-electron chi connectivity index (χ2n) is 8.50.